The molecule has 190 valence electrons. The van der Waals surface area contributed by atoms with E-state index in [0.29, 0.717) is 0 Å². The highest BCUT2D eigenvalue weighted by Crippen LogP contribution is 2.50. The molecule has 9 rings (SSSR count). The monoisotopic (exact) mass is 536 g/mol. The van der Waals surface area contributed by atoms with Gasteiger partial charge in [0.15, 0.2) is 0 Å². The molecule has 0 aromatic heterocycles. The Morgan fingerprint density at radius 2 is 1.12 bits per heavy atom. The zero-order valence-corrected chi connectivity index (χ0v) is 23.1. The van der Waals surface area contributed by atoms with Gasteiger partial charge in [0.05, 0.1) is 0 Å². The van der Waals surface area contributed by atoms with Gasteiger partial charge in [0.25, 0.3) is 0 Å². The van der Waals surface area contributed by atoms with E-state index < -0.39 is 0 Å². The predicted octanol–water partition coefficient (Wildman–Crippen LogP) is 11.8. The highest BCUT2D eigenvalue weighted by atomic mass is 32.2. The lowest BCUT2D eigenvalue weighted by Crippen LogP contribution is -1.94. The molecule has 8 aromatic rings. The summed E-state index contributed by atoms with van der Waals surface area (Å²) < 4.78 is 0. The Kier molecular flexibility index (Phi) is 4.93. The minimum Gasteiger partial charge on any atom is -0.0888 e. The van der Waals surface area contributed by atoms with Crippen molar-refractivity contribution in [3.63, 3.8) is 0 Å². The van der Waals surface area contributed by atoms with E-state index in [1.807, 2.05) is 11.8 Å². The zero-order chi connectivity index (χ0) is 26.9. The standard InChI is InChI=1S/C40H24S/c1-2-10-26(11-3-1)39-31-19-18-27(23-28(31)24-36-29-12-5-4-9-25(29)17-20-35(36)39)30-21-22-38-40-33(30)14-8-15-34(40)32-13-6-7-16-37(32)41-38/h1-24H. The van der Waals surface area contributed by atoms with Crippen LogP contribution in [-0.4, -0.2) is 0 Å². The second-order valence-corrected chi connectivity index (χ2v) is 12.0. The smallest absolute Gasteiger partial charge is 0.0207 e. The molecule has 1 aliphatic rings. The average molecular weight is 537 g/mol. The van der Waals surface area contributed by atoms with Crippen molar-refractivity contribution in [1.82, 2.24) is 0 Å². The summed E-state index contributed by atoms with van der Waals surface area (Å²) in [4.78, 5) is 2.67. The summed E-state index contributed by atoms with van der Waals surface area (Å²) in [5.41, 5.74) is 7.76. The van der Waals surface area contributed by atoms with Gasteiger partial charge in [-0.25, -0.2) is 0 Å². The molecule has 41 heavy (non-hydrogen) atoms. The van der Waals surface area contributed by atoms with Crippen molar-refractivity contribution in [2.75, 3.05) is 0 Å². The van der Waals surface area contributed by atoms with Crippen molar-refractivity contribution in [1.29, 1.82) is 0 Å². The topological polar surface area (TPSA) is 0 Å². The van der Waals surface area contributed by atoms with Crippen LogP contribution in [0.15, 0.2) is 155 Å². The van der Waals surface area contributed by atoms with Gasteiger partial charge in [-0.05, 0) is 95.3 Å². The first kappa shape index (κ1) is 22.9. The largest absolute Gasteiger partial charge is 0.0888 e. The van der Waals surface area contributed by atoms with E-state index in [1.165, 1.54) is 86.3 Å². The van der Waals surface area contributed by atoms with Crippen LogP contribution in [0, 0.1) is 0 Å². The minimum atomic E-state index is 1.25. The molecule has 1 aliphatic heterocycles. The first-order valence-corrected chi connectivity index (χ1v) is 14.9. The van der Waals surface area contributed by atoms with Gasteiger partial charge in [-0.2, -0.15) is 0 Å². The lowest BCUT2D eigenvalue weighted by atomic mass is 9.87. The van der Waals surface area contributed by atoms with Gasteiger partial charge in [-0.3, -0.25) is 0 Å². The van der Waals surface area contributed by atoms with Crippen LogP contribution in [0.3, 0.4) is 0 Å². The molecular formula is C40H24S. The lowest BCUT2D eigenvalue weighted by molar-refractivity contribution is 1.40. The molecule has 0 saturated carbocycles. The van der Waals surface area contributed by atoms with E-state index in [9.17, 15) is 0 Å². The fraction of sp³-hybridized carbons (Fsp3) is 0. The van der Waals surface area contributed by atoms with Crippen molar-refractivity contribution in [2.24, 2.45) is 0 Å². The highest BCUT2D eigenvalue weighted by Gasteiger charge is 2.21. The van der Waals surface area contributed by atoms with Gasteiger partial charge in [-0.15, -0.1) is 0 Å². The van der Waals surface area contributed by atoms with Crippen LogP contribution < -0.4 is 0 Å². The van der Waals surface area contributed by atoms with Crippen molar-refractivity contribution in [2.45, 2.75) is 9.79 Å². The first-order chi connectivity index (χ1) is 20.3. The van der Waals surface area contributed by atoms with E-state index in [0.717, 1.165) is 0 Å². The normalized spacial score (nSPS) is 12.3. The van der Waals surface area contributed by atoms with E-state index in [-0.39, 0.29) is 0 Å². The third-order valence-electron chi connectivity index (χ3n) is 8.63. The summed E-state index contributed by atoms with van der Waals surface area (Å²) in [6.45, 7) is 0. The molecule has 0 radical (unpaired) electrons. The molecular weight excluding hydrogens is 513 g/mol. The fourth-order valence-electron chi connectivity index (χ4n) is 6.80. The maximum atomic E-state index is 2.40. The summed E-state index contributed by atoms with van der Waals surface area (Å²) in [6, 6.07) is 53.8. The molecule has 8 aromatic carbocycles. The molecule has 0 aliphatic carbocycles. The van der Waals surface area contributed by atoms with Crippen molar-refractivity contribution < 1.29 is 0 Å². The van der Waals surface area contributed by atoms with Gasteiger partial charge < -0.3 is 0 Å². The lowest BCUT2D eigenvalue weighted by Gasteiger charge is -2.22. The molecule has 1 heterocycles. The Balaban J connectivity index is 1.34. The van der Waals surface area contributed by atoms with Gasteiger partial charge in [-0.1, -0.05) is 133 Å². The van der Waals surface area contributed by atoms with Crippen LogP contribution in [0.25, 0.3) is 76.5 Å². The molecule has 0 amide bonds. The zero-order valence-electron chi connectivity index (χ0n) is 22.3. The Labute approximate surface area is 242 Å². The first-order valence-electron chi connectivity index (χ1n) is 14.1. The van der Waals surface area contributed by atoms with Crippen LogP contribution >= 0.6 is 11.8 Å². The van der Waals surface area contributed by atoms with Gasteiger partial charge in [0.2, 0.25) is 0 Å². The van der Waals surface area contributed by atoms with Crippen LogP contribution in [0.2, 0.25) is 0 Å². The summed E-state index contributed by atoms with van der Waals surface area (Å²) >= 11 is 1.88. The Hall–Kier alpha value is -4.85. The van der Waals surface area contributed by atoms with E-state index in [1.54, 1.807) is 0 Å². The molecule has 0 saturated heterocycles. The van der Waals surface area contributed by atoms with Gasteiger partial charge in [0.1, 0.15) is 0 Å². The average Bonchev–Trinajstić information content (AvgIpc) is 3.04. The second-order valence-electron chi connectivity index (χ2n) is 10.9. The number of fused-ring (bicyclic) bond motifs is 6. The molecule has 0 bridgehead atoms. The molecule has 0 fully saturated rings. The minimum absolute atomic E-state index is 1.25. The third-order valence-corrected chi connectivity index (χ3v) is 9.77. The highest BCUT2D eigenvalue weighted by molar-refractivity contribution is 7.99. The fourth-order valence-corrected chi connectivity index (χ4v) is 7.92. The molecule has 0 atom stereocenters. The van der Waals surface area contributed by atoms with E-state index in [4.69, 9.17) is 0 Å². The van der Waals surface area contributed by atoms with Crippen LogP contribution in [0.5, 0.6) is 0 Å². The van der Waals surface area contributed by atoms with Crippen molar-refractivity contribution >= 4 is 54.9 Å². The van der Waals surface area contributed by atoms with Crippen LogP contribution in [-0.2, 0) is 0 Å². The summed E-state index contributed by atoms with van der Waals surface area (Å²) in [5, 5.41) is 10.4. The summed E-state index contributed by atoms with van der Waals surface area (Å²) in [5.74, 6) is 0. The molecule has 0 unspecified atom stereocenters. The Morgan fingerprint density at radius 3 is 2.07 bits per heavy atom. The summed E-state index contributed by atoms with van der Waals surface area (Å²) in [6.07, 6.45) is 0. The number of benzene rings is 8. The number of hydrogen-bond acceptors (Lipinski definition) is 1. The SMILES string of the molecule is c1ccc(-c2c3ccc(-c4ccc5c6c(cccc46)-c4ccccc4S5)cc3cc3c2ccc2ccccc23)cc1. The molecule has 1 heteroatoms. The van der Waals surface area contributed by atoms with Crippen molar-refractivity contribution in [3.05, 3.63) is 146 Å². The summed E-state index contributed by atoms with van der Waals surface area (Å²) in [7, 11) is 0. The molecule has 0 N–H and O–H groups in total. The van der Waals surface area contributed by atoms with Gasteiger partial charge >= 0.3 is 0 Å². The quantitative estimate of drug-likeness (QED) is 0.156. The number of hydrogen-bond donors (Lipinski definition) is 0. The van der Waals surface area contributed by atoms with E-state index in [2.05, 4.69) is 146 Å². The van der Waals surface area contributed by atoms with Crippen LogP contribution in [0.4, 0.5) is 0 Å². The van der Waals surface area contributed by atoms with Crippen LogP contribution in [0.1, 0.15) is 0 Å². The Morgan fingerprint density at radius 1 is 0.341 bits per heavy atom. The number of rotatable bonds is 2. The predicted molar refractivity (Wildman–Crippen MR) is 177 cm³/mol. The molecule has 0 spiro atoms. The maximum absolute atomic E-state index is 2.40. The molecule has 0 nitrogen and oxygen atoms in total. The van der Waals surface area contributed by atoms with E-state index >= 15 is 0 Å². The van der Waals surface area contributed by atoms with Crippen molar-refractivity contribution in [3.8, 4) is 33.4 Å². The van der Waals surface area contributed by atoms with Gasteiger partial charge in [0, 0.05) is 15.2 Å². The maximum Gasteiger partial charge on any atom is 0.0207 e. The third kappa shape index (κ3) is 3.43. The Bertz CT molecular complexity index is 2330. The second kappa shape index (κ2) is 8.83.